The van der Waals surface area contributed by atoms with Crippen molar-refractivity contribution in [2.45, 2.75) is 57.2 Å². The third-order valence-electron chi connectivity index (χ3n) is 5.02. The van der Waals surface area contributed by atoms with Crippen LogP contribution in [0.15, 0.2) is 30.3 Å². The number of rotatable bonds is 11. The van der Waals surface area contributed by atoms with Crippen molar-refractivity contribution in [3.05, 3.63) is 35.9 Å². The zero-order valence-corrected chi connectivity index (χ0v) is 19.1. The number of ether oxygens (including phenoxy) is 1. The summed E-state index contributed by atoms with van der Waals surface area (Å²) in [6, 6.07) is 4.69. The molecule has 4 N–H and O–H groups in total. The Bertz CT molecular complexity index is 1010. The normalized spacial score (nSPS) is 20.2. The lowest BCUT2D eigenvalue weighted by molar-refractivity contribution is -0.126. The topological polar surface area (TPSA) is 174 Å². The van der Waals surface area contributed by atoms with Crippen molar-refractivity contribution in [2.75, 3.05) is 6.54 Å². The monoisotopic (exact) mass is 486 g/mol. The van der Waals surface area contributed by atoms with Gasteiger partial charge in [0.25, 0.3) is 0 Å². The number of aliphatic hydroxyl groups is 1. The van der Waals surface area contributed by atoms with Gasteiger partial charge in [-0.25, -0.2) is 13.2 Å². The van der Waals surface area contributed by atoms with Gasteiger partial charge in [0.15, 0.2) is 5.44 Å². The lowest BCUT2D eigenvalue weighted by Crippen LogP contribution is -2.55. The fourth-order valence-electron chi connectivity index (χ4n) is 3.39. The maximum atomic E-state index is 13.0. The molecule has 0 aliphatic carbocycles. The van der Waals surface area contributed by atoms with Crippen molar-refractivity contribution >= 4 is 28.0 Å². The van der Waals surface area contributed by atoms with Crippen molar-refractivity contribution in [3.8, 4) is 0 Å². The highest BCUT2D eigenvalue weighted by Gasteiger charge is 2.35. The molecule has 1 aliphatic rings. The SMILES string of the molecule is [2H]C([2H])(OC(=O)N[C@H](CC(C)C)C(=O)N[C@H](C[C@@H]1CCNC1=O)C(O)S(=O)(=O)[O-])c1ccccc1. The minimum absolute atomic E-state index is 0.0477. The molecule has 1 aromatic rings. The maximum Gasteiger partial charge on any atom is 0.408 e. The smallest absolute Gasteiger partial charge is 0.408 e. The van der Waals surface area contributed by atoms with Gasteiger partial charge >= 0.3 is 6.09 Å². The van der Waals surface area contributed by atoms with E-state index in [1.54, 1.807) is 32.0 Å². The Morgan fingerprint density at radius 3 is 2.52 bits per heavy atom. The summed E-state index contributed by atoms with van der Waals surface area (Å²) >= 11 is 0. The van der Waals surface area contributed by atoms with E-state index in [0.717, 1.165) is 0 Å². The molecule has 0 radical (unpaired) electrons. The van der Waals surface area contributed by atoms with Gasteiger partial charge in [-0.3, -0.25) is 9.59 Å². The average molecular weight is 487 g/mol. The van der Waals surface area contributed by atoms with E-state index >= 15 is 0 Å². The second-order valence-electron chi connectivity index (χ2n) is 8.19. The average Bonchev–Trinajstić information content (AvgIpc) is 3.15. The fraction of sp³-hybridized carbons (Fsp3) is 0.571. The Hall–Kier alpha value is -2.70. The molecule has 0 bridgehead atoms. The van der Waals surface area contributed by atoms with Crippen LogP contribution in [0.5, 0.6) is 0 Å². The van der Waals surface area contributed by atoms with Gasteiger partial charge in [0.1, 0.15) is 22.7 Å². The number of benzene rings is 1. The van der Waals surface area contributed by atoms with Crippen LogP contribution in [-0.4, -0.2) is 60.0 Å². The molecule has 4 atom stereocenters. The minimum Gasteiger partial charge on any atom is -0.746 e. The van der Waals surface area contributed by atoms with E-state index in [1.165, 1.54) is 12.1 Å². The molecule has 2 rings (SSSR count). The fourth-order valence-corrected chi connectivity index (χ4v) is 3.98. The zero-order chi connectivity index (χ0) is 26.4. The Morgan fingerprint density at radius 1 is 1.30 bits per heavy atom. The van der Waals surface area contributed by atoms with Crippen LogP contribution in [0.3, 0.4) is 0 Å². The van der Waals surface area contributed by atoms with E-state index < -0.39 is 58.0 Å². The number of amides is 3. The van der Waals surface area contributed by atoms with Crippen LogP contribution in [0, 0.1) is 11.8 Å². The summed E-state index contributed by atoms with van der Waals surface area (Å²) in [5, 5.41) is 17.1. The lowest BCUT2D eigenvalue weighted by atomic mass is 9.97. The number of alkyl carbamates (subject to hydrolysis) is 1. The molecule has 0 saturated carbocycles. The molecule has 1 heterocycles. The number of nitrogens with one attached hydrogen (secondary N) is 3. The summed E-state index contributed by atoms with van der Waals surface area (Å²) < 4.78 is 55.1. The molecule has 1 aliphatic heterocycles. The van der Waals surface area contributed by atoms with E-state index in [4.69, 9.17) is 7.48 Å². The molecule has 33 heavy (non-hydrogen) atoms. The number of hydrogen-bond donors (Lipinski definition) is 4. The van der Waals surface area contributed by atoms with Gasteiger partial charge in [-0.2, -0.15) is 0 Å². The van der Waals surface area contributed by atoms with Crippen molar-refractivity contribution in [1.82, 2.24) is 16.0 Å². The predicted octanol–water partition coefficient (Wildman–Crippen LogP) is 0.202. The first kappa shape index (κ1) is 23.5. The van der Waals surface area contributed by atoms with Crippen LogP contribution in [0.2, 0.25) is 0 Å². The number of carbonyl (C=O) groups excluding carboxylic acids is 3. The highest BCUT2D eigenvalue weighted by Crippen LogP contribution is 2.20. The molecule has 1 fully saturated rings. The number of carbonyl (C=O) groups is 3. The second kappa shape index (κ2) is 12.0. The molecule has 11 nitrogen and oxygen atoms in total. The van der Waals surface area contributed by atoms with Gasteiger partial charge < -0.3 is 30.3 Å². The first-order chi connectivity index (χ1) is 16.2. The van der Waals surface area contributed by atoms with Crippen LogP contribution < -0.4 is 16.0 Å². The standard InChI is InChI=1S/C21H31N3O8S/c1-13(2)10-16(24-21(28)32-12-14-6-4-3-5-7-14)19(26)23-17(20(27)33(29,30)31)11-15-8-9-22-18(15)25/h3-7,13,15-17,20,27H,8-12H2,1-2H3,(H,22,25)(H,23,26)(H,24,28)(H,29,30,31)/p-1/t15-,16+,17+,20?/m0/s1/i12D2. The Kier molecular flexibility index (Phi) is 8.50. The Morgan fingerprint density at radius 2 is 1.97 bits per heavy atom. The Labute approximate surface area is 195 Å². The van der Waals surface area contributed by atoms with E-state index in [9.17, 15) is 32.5 Å². The molecule has 1 aromatic carbocycles. The summed E-state index contributed by atoms with van der Waals surface area (Å²) in [5.74, 6) is -2.20. The molecule has 0 aromatic heterocycles. The van der Waals surface area contributed by atoms with E-state index in [2.05, 4.69) is 16.0 Å². The number of aliphatic hydroxyl groups excluding tert-OH is 1. The summed E-state index contributed by atoms with van der Waals surface area (Å²) in [4.78, 5) is 37.3. The first-order valence-electron chi connectivity index (χ1n) is 11.5. The summed E-state index contributed by atoms with van der Waals surface area (Å²) in [6.07, 6.45) is -1.18. The van der Waals surface area contributed by atoms with Gasteiger partial charge in [0.05, 0.1) is 8.78 Å². The van der Waals surface area contributed by atoms with Gasteiger partial charge in [0, 0.05) is 12.5 Å². The van der Waals surface area contributed by atoms with Crippen LogP contribution in [0.1, 0.15) is 41.4 Å². The van der Waals surface area contributed by atoms with Gasteiger partial charge in [-0.15, -0.1) is 0 Å². The second-order valence-corrected chi connectivity index (χ2v) is 9.66. The van der Waals surface area contributed by atoms with Crippen LogP contribution in [-0.2, 0) is 31.0 Å². The molecule has 1 saturated heterocycles. The maximum absolute atomic E-state index is 13.0. The highest BCUT2D eigenvalue weighted by molar-refractivity contribution is 7.86. The molecular formula is C21H30N3O8S-. The van der Waals surface area contributed by atoms with Crippen molar-refractivity contribution in [3.63, 3.8) is 0 Å². The van der Waals surface area contributed by atoms with Gasteiger partial charge in [-0.1, -0.05) is 44.2 Å². The first-order valence-corrected chi connectivity index (χ1v) is 11.9. The third-order valence-corrected chi connectivity index (χ3v) is 5.94. The highest BCUT2D eigenvalue weighted by atomic mass is 32.2. The molecule has 0 spiro atoms. The largest absolute Gasteiger partial charge is 0.746 e. The third kappa shape index (κ3) is 8.63. The summed E-state index contributed by atoms with van der Waals surface area (Å²) in [6.45, 7) is 1.31. The van der Waals surface area contributed by atoms with Crippen molar-refractivity contribution < 1.29 is 39.9 Å². The predicted molar refractivity (Wildman–Crippen MR) is 116 cm³/mol. The van der Waals surface area contributed by atoms with Gasteiger partial charge in [-0.05, 0) is 30.7 Å². The van der Waals surface area contributed by atoms with Crippen molar-refractivity contribution in [1.29, 1.82) is 0 Å². The Balaban J connectivity index is 2.16. The van der Waals surface area contributed by atoms with E-state index in [1.807, 2.05) is 0 Å². The molecule has 3 amide bonds. The quantitative estimate of drug-likeness (QED) is 0.321. The van der Waals surface area contributed by atoms with Crippen LogP contribution in [0.25, 0.3) is 0 Å². The summed E-state index contributed by atoms with van der Waals surface area (Å²) in [7, 11) is -5.24. The van der Waals surface area contributed by atoms with Crippen LogP contribution in [0.4, 0.5) is 4.79 Å². The lowest BCUT2D eigenvalue weighted by Gasteiger charge is -2.29. The van der Waals surface area contributed by atoms with Gasteiger partial charge in [0.2, 0.25) is 11.8 Å². The minimum atomic E-state index is -5.24. The molecular weight excluding hydrogens is 454 g/mol. The van der Waals surface area contributed by atoms with E-state index in [-0.39, 0.29) is 24.3 Å². The van der Waals surface area contributed by atoms with Crippen molar-refractivity contribution in [2.24, 2.45) is 11.8 Å². The molecule has 184 valence electrons. The zero-order valence-electron chi connectivity index (χ0n) is 20.3. The molecule has 1 unspecified atom stereocenters. The van der Waals surface area contributed by atoms with E-state index in [0.29, 0.717) is 13.0 Å². The number of hydrogen-bond acceptors (Lipinski definition) is 8. The summed E-state index contributed by atoms with van der Waals surface area (Å²) in [5.41, 5.74) is -2.45. The molecule has 12 heteroatoms. The van der Waals surface area contributed by atoms with Crippen LogP contribution >= 0.6 is 0 Å².